The molecule has 0 aromatic carbocycles. The smallest absolute Gasteiger partial charge is 0.0801 e. The molecule has 0 heterocycles. The molecular formula is C50H106Si7. The summed E-state index contributed by atoms with van der Waals surface area (Å²) >= 11 is 0. The van der Waals surface area contributed by atoms with Gasteiger partial charge in [-0.05, 0) is 66.4 Å². The van der Waals surface area contributed by atoms with Gasteiger partial charge in [0.05, 0.1) is 56.5 Å². The molecule has 0 aromatic heterocycles. The zero-order valence-electron chi connectivity index (χ0n) is 46.1. The van der Waals surface area contributed by atoms with Gasteiger partial charge in [0, 0.05) is 0 Å². The van der Waals surface area contributed by atoms with Crippen molar-refractivity contribution in [2.45, 2.75) is 298 Å². The number of hydrogen-bond acceptors (Lipinski definition) is 0. The average molecular weight is 904 g/mol. The minimum atomic E-state index is -2.23. The standard InChI is InChI=1S/C50H106Si7/c1-39(2,3)51(22,23)36-37(52(24,25)40(4,5)6)47(54(28,29)42(10,11)12)49(56(32,33)44(16,17)18)46(36)38(53(26,27)41(7,8)9)48(49,55(30,31)43(13,14)15)50(46,47)57(34,35)45(19,20)21/h38H,1-35H3. The van der Waals surface area contributed by atoms with Crippen molar-refractivity contribution < 1.29 is 0 Å². The maximum atomic E-state index is 3.07. The summed E-state index contributed by atoms with van der Waals surface area (Å²) in [4.78, 5) is 0. The van der Waals surface area contributed by atoms with Gasteiger partial charge in [-0.2, -0.15) is 0 Å². The van der Waals surface area contributed by atoms with Crippen LogP contribution < -0.4 is 0 Å². The molecule has 0 radical (unpaired) electrons. The lowest BCUT2D eigenvalue weighted by molar-refractivity contribution is -0.327. The van der Waals surface area contributed by atoms with E-state index in [0.717, 1.165) is 5.54 Å². The van der Waals surface area contributed by atoms with Crippen LogP contribution in [0.3, 0.4) is 0 Å². The van der Waals surface area contributed by atoms with Crippen LogP contribution in [0.15, 0.2) is 10.4 Å². The first-order chi connectivity index (χ1) is 24.1. The summed E-state index contributed by atoms with van der Waals surface area (Å²) in [5.74, 6) is 0. The van der Waals surface area contributed by atoms with Gasteiger partial charge in [0.15, 0.2) is 0 Å². The van der Waals surface area contributed by atoms with E-state index in [-0.39, 0.29) is 15.1 Å². The van der Waals surface area contributed by atoms with Crippen LogP contribution in [-0.4, -0.2) is 56.5 Å². The third-order valence-electron chi connectivity index (χ3n) is 24.3. The third-order valence-corrected chi connectivity index (χ3v) is 70.5. The number of allylic oxidation sites excluding steroid dienone is 2. The second kappa shape index (κ2) is 11.7. The molecule has 334 valence electrons. The highest BCUT2D eigenvalue weighted by Gasteiger charge is 3.26. The molecule has 0 N–H and O–H groups in total. The Labute approximate surface area is 368 Å². The Kier molecular flexibility index (Phi) is 10.5. The van der Waals surface area contributed by atoms with Crippen molar-refractivity contribution in [3.8, 4) is 0 Å². The third kappa shape index (κ3) is 4.36. The highest BCUT2D eigenvalue weighted by atomic mass is 28.4. The molecule has 5 saturated carbocycles. The molecule has 7 aliphatic carbocycles. The minimum absolute atomic E-state index is 0.274. The van der Waals surface area contributed by atoms with Crippen LogP contribution in [0.25, 0.3) is 0 Å². The van der Waals surface area contributed by atoms with Gasteiger partial charge in [-0.1, -0.05) is 247 Å². The van der Waals surface area contributed by atoms with E-state index in [0.29, 0.717) is 45.7 Å². The van der Waals surface area contributed by atoms with Crippen LogP contribution in [0.5, 0.6) is 0 Å². The van der Waals surface area contributed by atoms with Crippen LogP contribution >= 0.6 is 0 Å². The zero-order chi connectivity index (χ0) is 46.2. The molecule has 0 aromatic rings. The Balaban J connectivity index is 2.79. The van der Waals surface area contributed by atoms with E-state index in [1.165, 1.54) is 0 Å². The summed E-state index contributed by atoms with van der Waals surface area (Å²) in [5, 5.41) is 8.12. The van der Waals surface area contributed by atoms with Gasteiger partial charge in [-0.15, -0.1) is 0 Å². The predicted molar refractivity (Wildman–Crippen MR) is 284 cm³/mol. The van der Waals surface area contributed by atoms with Crippen LogP contribution in [0.4, 0.5) is 0 Å². The van der Waals surface area contributed by atoms with E-state index in [9.17, 15) is 0 Å². The molecule has 0 amide bonds. The Bertz CT molecular complexity index is 1670. The van der Waals surface area contributed by atoms with Crippen molar-refractivity contribution in [1.82, 2.24) is 0 Å². The molecule has 5 fully saturated rings. The van der Waals surface area contributed by atoms with Gasteiger partial charge in [-0.25, -0.2) is 0 Å². The molecule has 5 bridgehead atoms. The number of hydrogen-bond donors (Lipinski definition) is 0. The fourth-order valence-electron chi connectivity index (χ4n) is 16.4. The first-order valence-electron chi connectivity index (χ1n) is 23.9. The highest BCUT2D eigenvalue weighted by molar-refractivity contribution is 7.10. The van der Waals surface area contributed by atoms with E-state index in [4.69, 9.17) is 0 Å². The van der Waals surface area contributed by atoms with Crippen molar-refractivity contribution in [2.75, 3.05) is 0 Å². The van der Waals surface area contributed by atoms with Gasteiger partial charge in [0.25, 0.3) is 0 Å². The Morgan fingerprint density at radius 1 is 0.316 bits per heavy atom. The Hall–Kier alpha value is 1.26. The first kappa shape index (κ1) is 50.9. The van der Waals surface area contributed by atoms with E-state index in [2.05, 4.69) is 247 Å². The molecule has 7 aliphatic rings. The van der Waals surface area contributed by atoms with Gasteiger partial charge >= 0.3 is 0 Å². The predicted octanol–water partition coefficient (Wildman–Crippen LogP) is 19.3. The maximum absolute atomic E-state index is 3.07. The fourth-order valence-corrected chi connectivity index (χ4v) is 61.3. The largest absolute Gasteiger partial charge is 0.0809 e. The van der Waals surface area contributed by atoms with Crippen molar-refractivity contribution in [3.05, 3.63) is 10.4 Å². The van der Waals surface area contributed by atoms with Crippen molar-refractivity contribution in [3.63, 3.8) is 0 Å². The minimum Gasteiger partial charge on any atom is -0.0801 e. The lowest BCUT2D eigenvalue weighted by Gasteiger charge is -3.21. The van der Waals surface area contributed by atoms with Crippen molar-refractivity contribution in [2.24, 2.45) is 5.41 Å². The molecule has 57 heavy (non-hydrogen) atoms. The van der Waals surface area contributed by atoms with E-state index in [1.54, 1.807) is 0 Å². The van der Waals surface area contributed by atoms with Crippen LogP contribution in [0, 0.1) is 5.41 Å². The zero-order valence-corrected chi connectivity index (χ0v) is 53.1. The summed E-state index contributed by atoms with van der Waals surface area (Å²) < 4.78 is 0. The highest BCUT2D eigenvalue weighted by Crippen LogP contribution is 3.38. The summed E-state index contributed by atoms with van der Waals surface area (Å²) in [6.07, 6.45) is 0. The normalized spacial score (nSPS) is 33.6. The van der Waals surface area contributed by atoms with E-state index < -0.39 is 56.5 Å². The molecular weight excluding hydrogens is 797 g/mol. The summed E-state index contributed by atoms with van der Waals surface area (Å²) in [7, 11) is -15.1. The molecule has 3 atom stereocenters. The van der Waals surface area contributed by atoms with Crippen LogP contribution in [0.2, 0.25) is 153 Å². The Morgan fingerprint density at radius 3 is 0.807 bits per heavy atom. The molecule has 7 rings (SSSR count). The van der Waals surface area contributed by atoms with E-state index >= 15 is 0 Å². The summed E-state index contributed by atoms with van der Waals surface area (Å²) in [6, 6.07) is 0. The van der Waals surface area contributed by atoms with Gasteiger partial charge in [-0.3, -0.25) is 0 Å². The molecule has 0 nitrogen and oxygen atoms in total. The quantitative estimate of drug-likeness (QED) is 0.223. The van der Waals surface area contributed by atoms with Crippen molar-refractivity contribution in [1.29, 1.82) is 0 Å². The van der Waals surface area contributed by atoms with E-state index in [1.807, 2.05) is 0 Å². The fraction of sp³-hybridized carbons (Fsp3) is 0.960. The van der Waals surface area contributed by atoms with Gasteiger partial charge in [0.1, 0.15) is 0 Å². The maximum Gasteiger partial charge on any atom is 0.0809 e. The molecule has 0 aliphatic heterocycles. The van der Waals surface area contributed by atoms with Crippen molar-refractivity contribution >= 4 is 56.5 Å². The topological polar surface area (TPSA) is 0 Å². The Morgan fingerprint density at radius 2 is 0.579 bits per heavy atom. The molecule has 1 spiro atoms. The molecule has 0 saturated heterocycles. The lowest BCUT2D eigenvalue weighted by atomic mass is 9.14. The van der Waals surface area contributed by atoms with Crippen LogP contribution in [-0.2, 0) is 0 Å². The number of rotatable bonds is 7. The molecule has 3 unspecified atom stereocenters. The first-order valence-corrected chi connectivity index (χ1v) is 44.9. The lowest BCUT2D eigenvalue weighted by Crippen LogP contribution is -3.12. The van der Waals surface area contributed by atoms with Gasteiger partial charge in [0.2, 0.25) is 0 Å². The van der Waals surface area contributed by atoms with Crippen LogP contribution in [0.1, 0.15) is 145 Å². The second-order valence-electron chi connectivity index (χ2n) is 32.3. The summed E-state index contributed by atoms with van der Waals surface area (Å²) in [5.41, 5.74) is 1.18. The monoisotopic (exact) mass is 903 g/mol. The summed E-state index contributed by atoms with van der Waals surface area (Å²) in [6.45, 7) is 100. The molecule has 7 heteroatoms. The van der Waals surface area contributed by atoms with Gasteiger partial charge < -0.3 is 0 Å². The second-order valence-corrected chi connectivity index (χ2v) is 70.3. The SMILES string of the molecule is CC(C)(C)[Si](C)(C)C1=C([Si](C)(C)C(C)(C)C)C2([Si](C)(C)C(C)(C)C)C3([Si](C)(C)C(C)(C)C)C14C([Si](C)(C)C(C)(C)C)C3([Si](C)(C)C(C)(C)C)C42[Si](C)(C)C(C)(C)C. The average Bonchev–Trinajstić information content (AvgIpc) is 3.18.